The first-order valence-electron chi connectivity index (χ1n) is 11.6. The van der Waals surface area contributed by atoms with Gasteiger partial charge in [0.05, 0.1) is 18.2 Å². The first-order chi connectivity index (χ1) is 16.1. The van der Waals surface area contributed by atoms with Crippen LogP contribution in [0.3, 0.4) is 0 Å². The number of piperazine rings is 1. The highest BCUT2D eigenvalue weighted by Crippen LogP contribution is 2.34. The number of anilines is 1. The number of para-hydroxylation sites is 2. The summed E-state index contributed by atoms with van der Waals surface area (Å²) >= 11 is 1.01. The number of rotatable bonds is 8. The molecule has 0 spiro atoms. The van der Waals surface area contributed by atoms with Crippen LogP contribution >= 0.6 is 11.8 Å². The van der Waals surface area contributed by atoms with Crippen molar-refractivity contribution in [3.8, 4) is 5.75 Å². The summed E-state index contributed by atoms with van der Waals surface area (Å²) < 4.78 is 5.88. The molecule has 2 aromatic carbocycles. The number of hydrogen-bond acceptors (Lipinski definition) is 6. The number of hydrogen-bond donors (Lipinski definition) is 0. The van der Waals surface area contributed by atoms with Gasteiger partial charge in [-0.15, -0.1) is 0 Å². The molecule has 4 rings (SSSR count). The van der Waals surface area contributed by atoms with Gasteiger partial charge in [-0.3, -0.25) is 19.4 Å². The number of aryl methyl sites for hydroxylation is 1. The number of thioether (sulfide) groups is 1. The Morgan fingerprint density at radius 2 is 1.73 bits per heavy atom. The normalized spacial score (nSPS) is 18.4. The molecule has 2 saturated heterocycles. The molecule has 6 nitrogen and oxygen atoms in total. The number of amides is 2. The minimum Gasteiger partial charge on any atom is -0.493 e. The molecule has 0 radical (unpaired) electrons. The van der Waals surface area contributed by atoms with Crippen molar-refractivity contribution < 1.29 is 14.3 Å². The second kappa shape index (κ2) is 10.9. The van der Waals surface area contributed by atoms with E-state index in [4.69, 9.17) is 4.74 Å². The van der Waals surface area contributed by atoms with Crippen LogP contribution in [0.5, 0.6) is 5.75 Å². The minimum absolute atomic E-state index is 0.211. The highest BCUT2D eigenvalue weighted by Gasteiger charge is 2.36. The van der Waals surface area contributed by atoms with Gasteiger partial charge in [0.1, 0.15) is 5.75 Å². The smallest absolute Gasteiger partial charge is 0.294 e. The highest BCUT2D eigenvalue weighted by atomic mass is 32.2. The zero-order chi connectivity index (χ0) is 23.2. The van der Waals surface area contributed by atoms with E-state index >= 15 is 0 Å². The van der Waals surface area contributed by atoms with Crippen LogP contribution < -0.4 is 9.64 Å². The first kappa shape index (κ1) is 23.4. The third kappa shape index (κ3) is 5.60. The average molecular weight is 466 g/mol. The van der Waals surface area contributed by atoms with Crippen molar-refractivity contribution in [2.75, 3.05) is 44.4 Å². The largest absolute Gasteiger partial charge is 0.493 e. The molecule has 7 heteroatoms. The van der Waals surface area contributed by atoms with Gasteiger partial charge < -0.3 is 9.64 Å². The Kier molecular flexibility index (Phi) is 7.73. The monoisotopic (exact) mass is 465 g/mol. The second-order valence-corrected chi connectivity index (χ2v) is 9.38. The summed E-state index contributed by atoms with van der Waals surface area (Å²) in [7, 11) is 0. The van der Waals surface area contributed by atoms with Crippen LogP contribution in [0.4, 0.5) is 10.5 Å². The predicted molar refractivity (Wildman–Crippen MR) is 134 cm³/mol. The minimum atomic E-state index is -0.227. The summed E-state index contributed by atoms with van der Waals surface area (Å²) in [5.74, 6) is 0.514. The van der Waals surface area contributed by atoms with Crippen molar-refractivity contribution in [3.63, 3.8) is 0 Å². The van der Waals surface area contributed by atoms with Crippen LogP contribution in [0.1, 0.15) is 30.9 Å². The lowest BCUT2D eigenvalue weighted by molar-refractivity contribution is -0.124. The van der Waals surface area contributed by atoms with Crippen LogP contribution in [0.25, 0.3) is 6.08 Å². The van der Waals surface area contributed by atoms with Crippen molar-refractivity contribution in [1.29, 1.82) is 0 Å². The summed E-state index contributed by atoms with van der Waals surface area (Å²) in [6.45, 7) is 8.58. The van der Waals surface area contributed by atoms with Gasteiger partial charge in [-0.2, -0.15) is 0 Å². The molecule has 0 aromatic heterocycles. The van der Waals surface area contributed by atoms with E-state index < -0.39 is 0 Å². The van der Waals surface area contributed by atoms with Crippen molar-refractivity contribution in [2.45, 2.75) is 26.7 Å². The number of benzene rings is 2. The van der Waals surface area contributed by atoms with E-state index in [-0.39, 0.29) is 11.1 Å². The zero-order valence-corrected chi connectivity index (χ0v) is 20.1. The molecule has 2 fully saturated rings. The number of carbonyl (C=O) groups excluding carboxylic acids is 2. The predicted octanol–water partition coefficient (Wildman–Crippen LogP) is 4.99. The molecule has 2 amide bonds. The molecular weight excluding hydrogens is 434 g/mol. The lowest BCUT2D eigenvalue weighted by Crippen LogP contribution is -2.51. The molecule has 0 unspecified atom stereocenters. The molecule has 174 valence electrons. The summed E-state index contributed by atoms with van der Waals surface area (Å²) in [4.78, 5) is 32.0. The van der Waals surface area contributed by atoms with Crippen LogP contribution in [0.15, 0.2) is 53.4 Å². The fraction of sp³-hybridized carbons (Fsp3) is 0.385. The average Bonchev–Trinajstić information content (AvgIpc) is 3.08. The van der Waals surface area contributed by atoms with Gasteiger partial charge in [0.2, 0.25) is 0 Å². The topological polar surface area (TPSA) is 53.1 Å². The molecule has 2 aromatic rings. The van der Waals surface area contributed by atoms with Gasteiger partial charge in [-0.05, 0) is 48.9 Å². The van der Waals surface area contributed by atoms with E-state index in [2.05, 4.69) is 47.9 Å². The Bertz CT molecular complexity index is 1030. The number of ether oxygens (including phenoxy) is 1. The van der Waals surface area contributed by atoms with E-state index in [1.54, 1.807) is 6.08 Å². The molecule has 0 bridgehead atoms. The zero-order valence-electron chi connectivity index (χ0n) is 19.3. The fourth-order valence-electron chi connectivity index (χ4n) is 4.07. The van der Waals surface area contributed by atoms with E-state index in [0.29, 0.717) is 18.2 Å². The molecular formula is C26H31N3O3S. The molecule has 2 heterocycles. The van der Waals surface area contributed by atoms with Crippen LogP contribution in [0, 0.1) is 6.92 Å². The molecule has 0 atom stereocenters. The van der Waals surface area contributed by atoms with E-state index in [0.717, 1.165) is 62.1 Å². The summed E-state index contributed by atoms with van der Waals surface area (Å²) in [5.41, 5.74) is 3.35. The van der Waals surface area contributed by atoms with Crippen molar-refractivity contribution in [3.05, 3.63) is 64.6 Å². The van der Waals surface area contributed by atoms with Crippen LogP contribution in [-0.4, -0.2) is 60.4 Å². The maximum atomic E-state index is 13.0. The summed E-state index contributed by atoms with van der Waals surface area (Å²) in [5, 5.41) is -0.211. The third-order valence-corrected chi connectivity index (χ3v) is 6.91. The molecule has 33 heavy (non-hydrogen) atoms. The van der Waals surface area contributed by atoms with Crippen LogP contribution in [-0.2, 0) is 4.79 Å². The molecule has 2 aliphatic rings. The van der Waals surface area contributed by atoms with Gasteiger partial charge in [0.25, 0.3) is 11.1 Å². The van der Waals surface area contributed by atoms with E-state index in [1.807, 2.05) is 24.3 Å². The SMILES string of the molecule is CCCCOc1ccccc1/C=C1\SC(=O)N(CN2CCN(c3ccccc3C)CC2)C1=O. The Morgan fingerprint density at radius 1 is 1.00 bits per heavy atom. The molecule has 2 aliphatic heterocycles. The van der Waals surface area contributed by atoms with Gasteiger partial charge in [-0.1, -0.05) is 49.7 Å². The van der Waals surface area contributed by atoms with E-state index in [1.165, 1.54) is 16.2 Å². The lowest BCUT2D eigenvalue weighted by Gasteiger charge is -2.37. The highest BCUT2D eigenvalue weighted by molar-refractivity contribution is 8.18. The Balaban J connectivity index is 1.38. The first-order valence-corrected chi connectivity index (χ1v) is 12.4. The molecule has 0 aliphatic carbocycles. The standard InChI is InChI=1S/C26H31N3O3S/c1-3-4-17-32-23-12-8-6-10-21(23)18-24-25(30)29(26(31)33-24)19-27-13-15-28(16-14-27)22-11-7-5-9-20(22)2/h5-12,18H,3-4,13-17,19H2,1-2H3/b24-18-. The number of carbonyl (C=O) groups is 2. The maximum Gasteiger partial charge on any atom is 0.294 e. The molecule has 0 saturated carbocycles. The van der Waals surface area contributed by atoms with Crippen LogP contribution in [0.2, 0.25) is 0 Å². The number of nitrogens with zero attached hydrogens (tertiary/aromatic N) is 3. The Hall–Kier alpha value is -2.77. The lowest BCUT2D eigenvalue weighted by atomic mass is 10.1. The van der Waals surface area contributed by atoms with Gasteiger partial charge in [0, 0.05) is 37.4 Å². The van der Waals surface area contributed by atoms with Gasteiger partial charge >= 0.3 is 0 Å². The quantitative estimate of drug-likeness (QED) is 0.404. The van der Waals surface area contributed by atoms with Crippen molar-refractivity contribution >= 4 is 34.7 Å². The van der Waals surface area contributed by atoms with Gasteiger partial charge in [-0.25, -0.2) is 0 Å². The summed E-state index contributed by atoms with van der Waals surface area (Å²) in [6.07, 6.45) is 3.81. The Morgan fingerprint density at radius 3 is 2.48 bits per heavy atom. The van der Waals surface area contributed by atoms with Crippen molar-refractivity contribution in [2.24, 2.45) is 0 Å². The fourth-order valence-corrected chi connectivity index (χ4v) is 4.89. The number of unbranched alkanes of at least 4 members (excludes halogenated alkanes) is 1. The molecule has 0 N–H and O–H groups in total. The third-order valence-electron chi connectivity index (χ3n) is 6.00. The summed E-state index contributed by atoms with van der Waals surface area (Å²) in [6, 6.07) is 16.0. The maximum absolute atomic E-state index is 13.0. The van der Waals surface area contributed by atoms with Gasteiger partial charge in [0.15, 0.2) is 0 Å². The van der Waals surface area contributed by atoms with E-state index in [9.17, 15) is 9.59 Å². The van der Waals surface area contributed by atoms with Crippen molar-refractivity contribution in [1.82, 2.24) is 9.80 Å². The second-order valence-electron chi connectivity index (χ2n) is 8.38. The number of imide groups is 1. The Labute approximate surface area is 200 Å².